The molecule has 1 aliphatic carbocycles. The zero-order chi connectivity index (χ0) is 11.9. The third-order valence-corrected chi connectivity index (χ3v) is 5.06. The number of rotatable bonds is 2. The van der Waals surface area contributed by atoms with Gasteiger partial charge in [0.05, 0.1) is 6.61 Å². The van der Waals surface area contributed by atoms with Gasteiger partial charge in [0, 0.05) is 11.6 Å². The first-order valence-electron chi connectivity index (χ1n) is 6.67. The molecule has 2 nitrogen and oxygen atoms in total. The molecule has 0 amide bonds. The maximum absolute atomic E-state index is 9.82. The van der Waals surface area contributed by atoms with Gasteiger partial charge in [-0.15, -0.1) is 0 Å². The van der Waals surface area contributed by atoms with Gasteiger partial charge in [0.1, 0.15) is 0 Å². The Kier molecular flexibility index (Phi) is 2.72. The van der Waals surface area contributed by atoms with Crippen LogP contribution >= 0.6 is 0 Å². The summed E-state index contributed by atoms with van der Waals surface area (Å²) in [6.07, 6.45) is 4.93. The molecule has 2 aliphatic rings. The highest BCUT2D eigenvalue weighted by atomic mass is 16.3. The molecule has 0 spiro atoms. The van der Waals surface area contributed by atoms with Gasteiger partial charge in [0.25, 0.3) is 0 Å². The number of likely N-dealkylation sites (tertiary alicyclic amines) is 1. The predicted octanol–water partition coefficient (Wildman–Crippen LogP) is 2.59. The summed E-state index contributed by atoms with van der Waals surface area (Å²) in [4.78, 5) is 2.44. The van der Waals surface area contributed by atoms with Gasteiger partial charge in [-0.3, -0.25) is 4.90 Å². The standard InChI is InChI=1S/C15H21NO/c1-16-14(12-6-3-2-4-7-12)10-13-8-5-9-15(13,16)11-17/h2-4,6-7,13-14,17H,5,8-11H2,1H3/t13-,14-,15+/m1/s1. The summed E-state index contributed by atoms with van der Waals surface area (Å²) in [5.41, 5.74) is 1.47. The van der Waals surface area contributed by atoms with Gasteiger partial charge in [0.15, 0.2) is 0 Å². The lowest BCUT2D eigenvalue weighted by Gasteiger charge is -2.37. The molecule has 92 valence electrons. The van der Waals surface area contributed by atoms with Crippen LogP contribution in [0.1, 0.15) is 37.3 Å². The highest BCUT2D eigenvalue weighted by molar-refractivity contribution is 5.23. The van der Waals surface area contributed by atoms with Gasteiger partial charge >= 0.3 is 0 Å². The van der Waals surface area contributed by atoms with Crippen LogP contribution in [0.5, 0.6) is 0 Å². The monoisotopic (exact) mass is 231 g/mol. The minimum absolute atomic E-state index is 0.0699. The van der Waals surface area contributed by atoms with Gasteiger partial charge in [0.2, 0.25) is 0 Å². The minimum Gasteiger partial charge on any atom is -0.394 e. The molecule has 3 atom stereocenters. The van der Waals surface area contributed by atoms with E-state index in [4.69, 9.17) is 0 Å². The van der Waals surface area contributed by atoms with E-state index in [1.54, 1.807) is 0 Å². The topological polar surface area (TPSA) is 23.5 Å². The SMILES string of the molecule is CN1[C@@H](c2ccccc2)C[C@H]2CCC[C@]21CO. The van der Waals surface area contributed by atoms with Crippen LogP contribution in [0.2, 0.25) is 0 Å². The Morgan fingerprint density at radius 1 is 1.35 bits per heavy atom. The second kappa shape index (κ2) is 4.11. The normalized spacial score (nSPS) is 37.3. The molecule has 1 saturated heterocycles. The Morgan fingerprint density at radius 2 is 2.12 bits per heavy atom. The Balaban J connectivity index is 1.92. The van der Waals surface area contributed by atoms with Crippen molar-refractivity contribution in [3.63, 3.8) is 0 Å². The van der Waals surface area contributed by atoms with E-state index in [2.05, 4.69) is 42.3 Å². The van der Waals surface area contributed by atoms with Crippen molar-refractivity contribution in [2.75, 3.05) is 13.7 Å². The van der Waals surface area contributed by atoms with Crippen molar-refractivity contribution in [2.45, 2.75) is 37.3 Å². The molecular weight excluding hydrogens is 210 g/mol. The third-order valence-electron chi connectivity index (χ3n) is 5.06. The van der Waals surface area contributed by atoms with Gasteiger partial charge in [-0.25, -0.2) is 0 Å². The van der Waals surface area contributed by atoms with E-state index >= 15 is 0 Å². The molecule has 2 fully saturated rings. The van der Waals surface area contributed by atoms with Crippen LogP contribution in [0, 0.1) is 5.92 Å². The Hall–Kier alpha value is -0.860. The fourth-order valence-electron chi connectivity index (χ4n) is 4.02. The fraction of sp³-hybridized carbons (Fsp3) is 0.600. The third kappa shape index (κ3) is 1.54. The van der Waals surface area contributed by atoms with Crippen molar-refractivity contribution in [3.8, 4) is 0 Å². The zero-order valence-corrected chi connectivity index (χ0v) is 10.5. The summed E-state index contributed by atoms with van der Waals surface area (Å²) < 4.78 is 0. The van der Waals surface area contributed by atoms with E-state index in [0.29, 0.717) is 18.6 Å². The summed E-state index contributed by atoms with van der Waals surface area (Å²) in [5, 5.41) is 9.82. The second-order valence-corrected chi connectivity index (χ2v) is 5.62. The van der Waals surface area contributed by atoms with E-state index < -0.39 is 0 Å². The predicted molar refractivity (Wildman–Crippen MR) is 68.7 cm³/mol. The molecule has 1 aromatic rings. The molecule has 1 heterocycles. The molecule has 0 bridgehead atoms. The highest BCUT2D eigenvalue weighted by Gasteiger charge is 2.53. The summed E-state index contributed by atoms with van der Waals surface area (Å²) in [6, 6.07) is 11.2. The average Bonchev–Trinajstić information content (AvgIpc) is 2.90. The van der Waals surface area contributed by atoms with Gasteiger partial charge in [-0.05, 0) is 37.8 Å². The van der Waals surface area contributed by atoms with Crippen molar-refractivity contribution in [2.24, 2.45) is 5.92 Å². The Labute approximate surface area is 103 Å². The largest absolute Gasteiger partial charge is 0.394 e. The van der Waals surface area contributed by atoms with Crippen molar-refractivity contribution in [3.05, 3.63) is 35.9 Å². The maximum atomic E-state index is 9.82. The van der Waals surface area contributed by atoms with Crippen molar-refractivity contribution in [1.82, 2.24) is 4.90 Å². The number of benzene rings is 1. The molecule has 1 saturated carbocycles. The van der Waals surface area contributed by atoms with Gasteiger partial charge < -0.3 is 5.11 Å². The van der Waals surface area contributed by atoms with Crippen molar-refractivity contribution < 1.29 is 5.11 Å². The Bertz CT molecular complexity index is 391. The summed E-state index contributed by atoms with van der Waals surface area (Å²) >= 11 is 0. The molecule has 17 heavy (non-hydrogen) atoms. The van der Waals surface area contributed by atoms with E-state index in [0.717, 1.165) is 6.42 Å². The number of hydrogen-bond donors (Lipinski definition) is 1. The molecule has 0 radical (unpaired) electrons. The first kappa shape index (κ1) is 11.2. The summed E-state index contributed by atoms with van der Waals surface area (Å²) in [6.45, 7) is 0.317. The molecule has 0 unspecified atom stereocenters. The second-order valence-electron chi connectivity index (χ2n) is 5.62. The van der Waals surface area contributed by atoms with Crippen molar-refractivity contribution in [1.29, 1.82) is 0 Å². The van der Waals surface area contributed by atoms with E-state index in [-0.39, 0.29) is 5.54 Å². The van der Waals surface area contributed by atoms with Gasteiger partial charge in [-0.1, -0.05) is 36.8 Å². The lowest BCUT2D eigenvalue weighted by atomic mass is 9.88. The molecule has 0 aromatic heterocycles. The molecular formula is C15H21NO. The number of aliphatic hydroxyl groups is 1. The minimum atomic E-state index is 0.0699. The fourth-order valence-corrected chi connectivity index (χ4v) is 4.02. The molecule has 1 N–H and O–H groups in total. The number of likely N-dealkylation sites (N-methyl/N-ethyl adjacent to an activating group) is 1. The Morgan fingerprint density at radius 3 is 2.76 bits per heavy atom. The molecule has 1 aromatic carbocycles. The number of hydrogen-bond acceptors (Lipinski definition) is 2. The number of aliphatic hydroxyl groups excluding tert-OH is 1. The van der Waals surface area contributed by atoms with Crippen LogP contribution < -0.4 is 0 Å². The smallest absolute Gasteiger partial charge is 0.0618 e. The molecule has 1 aliphatic heterocycles. The number of nitrogens with zero attached hydrogens (tertiary/aromatic N) is 1. The van der Waals surface area contributed by atoms with E-state index in [1.165, 1.54) is 24.8 Å². The van der Waals surface area contributed by atoms with Crippen LogP contribution in [-0.4, -0.2) is 29.2 Å². The van der Waals surface area contributed by atoms with E-state index in [1.807, 2.05) is 0 Å². The lowest BCUT2D eigenvalue weighted by Crippen LogP contribution is -2.46. The van der Waals surface area contributed by atoms with Crippen LogP contribution in [0.15, 0.2) is 30.3 Å². The van der Waals surface area contributed by atoms with E-state index in [9.17, 15) is 5.11 Å². The quantitative estimate of drug-likeness (QED) is 0.845. The molecule has 2 heteroatoms. The summed E-state index contributed by atoms with van der Waals surface area (Å²) in [5.74, 6) is 0.683. The van der Waals surface area contributed by atoms with Crippen LogP contribution in [-0.2, 0) is 0 Å². The van der Waals surface area contributed by atoms with Crippen LogP contribution in [0.25, 0.3) is 0 Å². The van der Waals surface area contributed by atoms with Crippen LogP contribution in [0.4, 0.5) is 0 Å². The first-order valence-corrected chi connectivity index (χ1v) is 6.67. The number of fused-ring (bicyclic) bond motifs is 1. The van der Waals surface area contributed by atoms with Crippen LogP contribution in [0.3, 0.4) is 0 Å². The highest BCUT2D eigenvalue weighted by Crippen LogP contribution is 2.53. The zero-order valence-electron chi connectivity index (χ0n) is 10.5. The van der Waals surface area contributed by atoms with Gasteiger partial charge in [-0.2, -0.15) is 0 Å². The van der Waals surface area contributed by atoms with Crippen molar-refractivity contribution >= 4 is 0 Å². The summed E-state index contributed by atoms with van der Waals surface area (Å²) in [7, 11) is 2.19. The maximum Gasteiger partial charge on any atom is 0.0618 e. The molecule has 3 rings (SSSR count). The first-order chi connectivity index (χ1) is 8.28. The lowest BCUT2D eigenvalue weighted by molar-refractivity contribution is 0.0500. The average molecular weight is 231 g/mol.